The van der Waals surface area contributed by atoms with Gasteiger partial charge in [0.2, 0.25) is 5.91 Å². The Kier molecular flexibility index (Phi) is 5.65. The van der Waals surface area contributed by atoms with Gasteiger partial charge < -0.3 is 16.8 Å². The van der Waals surface area contributed by atoms with Crippen LogP contribution in [0.4, 0.5) is 0 Å². The van der Waals surface area contributed by atoms with E-state index in [-0.39, 0.29) is 0 Å². The van der Waals surface area contributed by atoms with Gasteiger partial charge in [0.25, 0.3) is 0 Å². The fourth-order valence-corrected chi connectivity index (χ4v) is 2.14. The number of amides is 1. The molecule has 0 bridgehead atoms. The number of primary amides is 1. The van der Waals surface area contributed by atoms with Crippen molar-refractivity contribution in [2.24, 2.45) is 17.4 Å². The van der Waals surface area contributed by atoms with E-state index in [2.05, 4.69) is 5.32 Å². The van der Waals surface area contributed by atoms with E-state index in [1.165, 1.54) is 38.5 Å². The summed E-state index contributed by atoms with van der Waals surface area (Å²) in [7, 11) is 0. The number of rotatable bonds is 6. The van der Waals surface area contributed by atoms with Crippen LogP contribution in [-0.4, -0.2) is 25.0 Å². The van der Waals surface area contributed by atoms with Crippen LogP contribution in [0.5, 0.6) is 0 Å². The monoisotopic (exact) mass is 213 g/mol. The second-order valence-electron chi connectivity index (χ2n) is 4.51. The Morgan fingerprint density at radius 2 is 2.00 bits per heavy atom. The maximum absolute atomic E-state index is 10.7. The summed E-state index contributed by atoms with van der Waals surface area (Å²) >= 11 is 0. The lowest BCUT2D eigenvalue weighted by atomic mass is 9.87. The van der Waals surface area contributed by atoms with Crippen LogP contribution in [0.2, 0.25) is 0 Å². The third-order valence-corrected chi connectivity index (χ3v) is 3.18. The Morgan fingerprint density at radius 1 is 1.33 bits per heavy atom. The Balaban J connectivity index is 1.98. The Hall–Kier alpha value is -0.610. The van der Waals surface area contributed by atoms with E-state index in [9.17, 15) is 4.79 Å². The van der Waals surface area contributed by atoms with E-state index in [0.717, 1.165) is 12.5 Å². The van der Waals surface area contributed by atoms with Crippen LogP contribution < -0.4 is 16.8 Å². The van der Waals surface area contributed by atoms with E-state index in [0.29, 0.717) is 6.54 Å². The van der Waals surface area contributed by atoms with Crippen molar-refractivity contribution in [3.8, 4) is 0 Å². The third kappa shape index (κ3) is 5.14. The van der Waals surface area contributed by atoms with Gasteiger partial charge in [0, 0.05) is 6.54 Å². The molecule has 15 heavy (non-hydrogen) atoms. The summed E-state index contributed by atoms with van der Waals surface area (Å²) in [6.45, 7) is 1.45. The molecular formula is C11H23N3O. The first-order valence-electron chi connectivity index (χ1n) is 5.95. The molecular weight excluding hydrogens is 190 g/mol. The first-order valence-corrected chi connectivity index (χ1v) is 5.95. The van der Waals surface area contributed by atoms with Gasteiger partial charge in [-0.15, -0.1) is 0 Å². The lowest BCUT2D eigenvalue weighted by Crippen LogP contribution is -2.44. The van der Waals surface area contributed by atoms with Crippen LogP contribution in [0, 0.1) is 5.92 Å². The molecule has 1 amide bonds. The molecule has 4 nitrogen and oxygen atoms in total. The minimum atomic E-state index is -0.545. The van der Waals surface area contributed by atoms with E-state index < -0.39 is 11.9 Å². The fraction of sp³-hybridized carbons (Fsp3) is 0.909. The summed E-state index contributed by atoms with van der Waals surface area (Å²) in [4.78, 5) is 10.7. The standard InChI is InChI=1S/C11H23N3O/c12-10(11(13)15)8-14-7-6-9-4-2-1-3-5-9/h9-10,14H,1-8,12H2,(H2,13,15). The molecule has 5 N–H and O–H groups in total. The summed E-state index contributed by atoms with van der Waals surface area (Å²) in [5.41, 5.74) is 10.6. The molecule has 0 aromatic heterocycles. The SMILES string of the molecule is NC(=O)C(N)CNCCC1CCCCC1. The van der Waals surface area contributed by atoms with Crippen LogP contribution >= 0.6 is 0 Å². The van der Waals surface area contributed by atoms with Crippen LogP contribution in [0.15, 0.2) is 0 Å². The quantitative estimate of drug-likeness (QED) is 0.557. The van der Waals surface area contributed by atoms with Crippen molar-refractivity contribution < 1.29 is 4.79 Å². The Morgan fingerprint density at radius 3 is 2.60 bits per heavy atom. The molecule has 1 unspecified atom stereocenters. The molecule has 1 atom stereocenters. The van der Waals surface area contributed by atoms with Crippen LogP contribution in [0.3, 0.4) is 0 Å². The van der Waals surface area contributed by atoms with E-state index >= 15 is 0 Å². The topological polar surface area (TPSA) is 81.1 Å². The molecule has 0 aromatic carbocycles. The second-order valence-corrected chi connectivity index (χ2v) is 4.51. The van der Waals surface area contributed by atoms with Crippen molar-refractivity contribution in [1.29, 1.82) is 0 Å². The third-order valence-electron chi connectivity index (χ3n) is 3.18. The molecule has 1 aliphatic rings. The molecule has 0 radical (unpaired) electrons. The average molecular weight is 213 g/mol. The van der Waals surface area contributed by atoms with E-state index in [1.54, 1.807) is 0 Å². The first kappa shape index (κ1) is 12.5. The Bertz CT molecular complexity index is 190. The van der Waals surface area contributed by atoms with Crippen molar-refractivity contribution in [2.45, 2.75) is 44.6 Å². The van der Waals surface area contributed by atoms with Gasteiger partial charge in [-0.25, -0.2) is 0 Å². The smallest absolute Gasteiger partial charge is 0.235 e. The molecule has 88 valence electrons. The van der Waals surface area contributed by atoms with Crippen LogP contribution in [0.25, 0.3) is 0 Å². The summed E-state index contributed by atoms with van der Waals surface area (Å²) in [5.74, 6) is 0.441. The molecule has 0 spiro atoms. The van der Waals surface area contributed by atoms with Gasteiger partial charge in [-0.1, -0.05) is 32.1 Å². The van der Waals surface area contributed by atoms with Crippen molar-refractivity contribution in [1.82, 2.24) is 5.32 Å². The van der Waals surface area contributed by atoms with Crippen molar-refractivity contribution >= 4 is 5.91 Å². The van der Waals surface area contributed by atoms with Gasteiger partial charge >= 0.3 is 0 Å². The second kappa shape index (κ2) is 6.80. The zero-order chi connectivity index (χ0) is 11.1. The van der Waals surface area contributed by atoms with Gasteiger partial charge in [0.1, 0.15) is 0 Å². The van der Waals surface area contributed by atoms with Crippen LogP contribution in [-0.2, 0) is 4.79 Å². The summed E-state index contributed by atoms with van der Waals surface area (Å²) in [5, 5.41) is 3.19. The number of carbonyl (C=O) groups excluding carboxylic acids is 1. The summed E-state index contributed by atoms with van der Waals surface area (Å²) in [6.07, 6.45) is 8.09. The fourth-order valence-electron chi connectivity index (χ4n) is 2.14. The maximum Gasteiger partial charge on any atom is 0.235 e. The van der Waals surface area contributed by atoms with Crippen LogP contribution in [0.1, 0.15) is 38.5 Å². The Labute approximate surface area is 91.8 Å². The molecule has 1 fully saturated rings. The minimum absolute atomic E-state index is 0.430. The number of hydrogen-bond donors (Lipinski definition) is 3. The molecule has 0 aromatic rings. The van der Waals surface area contributed by atoms with E-state index in [1.807, 2.05) is 0 Å². The average Bonchev–Trinajstić information content (AvgIpc) is 2.25. The zero-order valence-electron chi connectivity index (χ0n) is 9.37. The number of nitrogens with one attached hydrogen (secondary N) is 1. The maximum atomic E-state index is 10.7. The lowest BCUT2D eigenvalue weighted by Gasteiger charge is -2.21. The molecule has 0 heterocycles. The van der Waals surface area contributed by atoms with Gasteiger partial charge in [-0.2, -0.15) is 0 Å². The molecule has 0 aliphatic heterocycles. The predicted octanol–water partition coefficient (Wildman–Crippen LogP) is 0.359. The minimum Gasteiger partial charge on any atom is -0.368 e. The molecule has 1 rings (SSSR count). The summed E-state index contributed by atoms with van der Waals surface area (Å²) < 4.78 is 0. The lowest BCUT2D eigenvalue weighted by molar-refractivity contribution is -0.119. The summed E-state index contributed by atoms with van der Waals surface area (Å²) in [6, 6.07) is -0.545. The van der Waals surface area contributed by atoms with Gasteiger partial charge in [0.05, 0.1) is 6.04 Å². The normalized spacial score (nSPS) is 20.1. The highest BCUT2D eigenvalue weighted by Crippen LogP contribution is 2.25. The van der Waals surface area contributed by atoms with Crippen molar-refractivity contribution in [2.75, 3.05) is 13.1 Å². The first-order chi connectivity index (χ1) is 7.20. The number of carbonyl (C=O) groups is 1. The molecule has 4 heteroatoms. The highest BCUT2D eigenvalue weighted by Gasteiger charge is 2.13. The van der Waals surface area contributed by atoms with Gasteiger partial charge in [0.15, 0.2) is 0 Å². The highest BCUT2D eigenvalue weighted by molar-refractivity contribution is 5.79. The largest absolute Gasteiger partial charge is 0.368 e. The highest BCUT2D eigenvalue weighted by atomic mass is 16.1. The molecule has 0 saturated heterocycles. The molecule has 1 saturated carbocycles. The predicted molar refractivity (Wildman–Crippen MR) is 61.2 cm³/mol. The zero-order valence-corrected chi connectivity index (χ0v) is 9.37. The van der Waals surface area contributed by atoms with Crippen molar-refractivity contribution in [3.63, 3.8) is 0 Å². The van der Waals surface area contributed by atoms with E-state index in [4.69, 9.17) is 11.5 Å². The number of hydrogen-bond acceptors (Lipinski definition) is 3. The van der Waals surface area contributed by atoms with Gasteiger partial charge in [-0.05, 0) is 18.9 Å². The van der Waals surface area contributed by atoms with Crippen molar-refractivity contribution in [3.05, 3.63) is 0 Å². The molecule has 1 aliphatic carbocycles. The van der Waals surface area contributed by atoms with Gasteiger partial charge in [-0.3, -0.25) is 4.79 Å². The number of nitrogens with two attached hydrogens (primary N) is 2.